The zero-order valence-corrected chi connectivity index (χ0v) is 13.8. The summed E-state index contributed by atoms with van der Waals surface area (Å²) in [6.07, 6.45) is 0.627. The first-order valence-electron chi connectivity index (χ1n) is 5.83. The third-order valence-corrected chi connectivity index (χ3v) is 5.34. The molecule has 1 rings (SSSR count). The first-order valence-corrected chi connectivity index (χ1v) is 9.15. The second kappa shape index (κ2) is 7.59. The molecular formula is C11H19BrN2O2S2. The van der Waals surface area contributed by atoms with Crippen molar-refractivity contribution in [3.05, 3.63) is 20.8 Å². The predicted molar refractivity (Wildman–Crippen MR) is 80.4 cm³/mol. The SMILES string of the molecule is CC(C)NCCCS(=O)(=O)NCc1cc(Br)cs1. The smallest absolute Gasteiger partial charge is 0.211 e. The van der Waals surface area contributed by atoms with E-state index in [1.54, 1.807) is 0 Å². The van der Waals surface area contributed by atoms with Crippen LogP contribution in [0.3, 0.4) is 0 Å². The maximum Gasteiger partial charge on any atom is 0.211 e. The molecule has 0 spiro atoms. The highest BCUT2D eigenvalue weighted by Gasteiger charge is 2.10. The topological polar surface area (TPSA) is 58.2 Å². The minimum absolute atomic E-state index is 0.166. The summed E-state index contributed by atoms with van der Waals surface area (Å²) in [5, 5.41) is 5.14. The normalized spacial score (nSPS) is 12.2. The van der Waals surface area contributed by atoms with Gasteiger partial charge in [0.15, 0.2) is 0 Å². The van der Waals surface area contributed by atoms with E-state index in [4.69, 9.17) is 0 Å². The minimum atomic E-state index is -3.17. The lowest BCUT2D eigenvalue weighted by Crippen LogP contribution is -2.29. The molecule has 0 saturated heterocycles. The molecule has 0 unspecified atom stereocenters. The fourth-order valence-electron chi connectivity index (χ4n) is 1.35. The zero-order chi connectivity index (χ0) is 13.6. The Morgan fingerprint density at radius 2 is 2.17 bits per heavy atom. The van der Waals surface area contributed by atoms with Gasteiger partial charge >= 0.3 is 0 Å². The maximum absolute atomic E-state index is 11.7. The fraction of sp³-hybridized carbons (Fsp3) is 0.636. The van der Waals surface area contributed by atoms with Crippen molar-refractivity contribution in [2.45, 2.75) is 32.9 Å². The van der Waals surface area contributed by atoms with E-state index in [0.29, 0.717) is 19.0 Å². The monoisotopic (exact) mass is 354 g/mol. The molecule has 0 saturated carbocycles. The van der Waals surface area contributed by atoms with Crippen LogP contribution < -0.4 is 10.0 Å². The van der Waals surface area contributed by atoms with Crippen LogP contribution in [0.25, 0.3) is 0 Å². The number of halogens is 1. The fourth-order valence-corrected chi connectivity index (χ4v) is 3.88. The molecule has 0 aliphatic rings. The summed E-state index contributed by atoms with van der Waals surface area (Å²) in [6.45, 7) is 5.18. The molecule has 1 heterocycles. The summed E-state index contributed by atoms with van der Waals surface area (Å²) in [6, 6.07) is 2.32. The van der Waals surface area contributed by atoms with Crippen LogP contribution in [0.15, 0.2) is 15.9 Å². The summed E-state index contributed by atoms with van der Waals surface area (Å²) in [5.74, 6) is 0.166. The number of thiophene rings is 1. The van der Waals surface area contributed by atoms with Gasteiger partial charge in [0.1, 0.15) is 0 Å². The Hall–Kier alpha value is 0.0500. The lowest BCUT2D eigenvalue weighted by atomic mass is 10.4. The van der Waals surface area contributed by atoms with Crippen molar-refractivity contribution in [1.82, 2.24) is 10.0 Å². The van der Waals surface area contributed by atoms with E-state index < -0.39 is 10.0 Å². The number of hydrogen-bond donors (Lipinski definition) is 2. The van der Waals surface area contributed by atoms with Gasteiger partial charge in [0.2, 0.25) is 10.0 Å². The molecular weight excluding hydrogens is 336 g/mol. The Morgan fingerprint density at radius 1 is 1.44 bits per heavy atom. The van der Waals surface area contributed by atoms with Crippen LogP contribution in [0.1, 0.15) is 25.1 Å². The van der Waals surface area contributed by atoms with Gasteiger partial charge < -0.3 is 5.32 Å². The molecule has 0 aromatic carbocycles. The van der Waals surface area contributed by atoms with Crippen molar-refractivity contribution in [2.24, 2.45) is 0 Å². The minimum Gasteiger partial charge on any atom is -0.314 e. The van der Waals surface area contributed by atoms with E-state index in [9.17, 15) is 8.42 Å². The van der Waals surface area contributed by atoms with E-state index in [2.05, 4.69) is 26.0 Å². The molecule has 1 aromatic heterocycles. The van der Waals surface area contributed by atoms with Crippen LogP contribution in [-0.4, -0.2) is 26.8 Å². The molecule has 0 amide bonds. The Kier molecular flexibility index (Phi) is 6.79. The molecule has 0 fully saturated rings. The van der Waals surface area contributed by atoms with Crippen LogP contribution in [0, 0.1) is 0 Å². The Labute approximate surface area is 121 Å². The molecule has 0 bridgehead atoms. The van der Waals surface area contributed by atoms with Gasteiger partial charge in [0.25, 0.3) is 0 Å². The van der Waals surface area contributed by atoms with Gasteiger partial charge in [-0.3, -0.25) is 0 Å². The number of nitrogens with one attached hydrogen (secondary N) is 2. The molecule has 0 radical (unpaired) electrons. The van der Waals surface area contributed by atoms with Crippen LogP contribution >= 0.6 is 27.3 Å². The van der Waals surface area contributed by atoms with Crippen LogP contribution in [0.4, 0.5) is 0 Å². The third-order valence-electron chi connectivity index (χ3n) is 2.23. The largest absolute Gasteiger partial charge is 0.314 e. The number of hydrogen-bond acceptors (Lipinski definition) is 4. The predicted octanol–water partition coefficient (Wildman–Crippen LogP) is 2.32. The number of rotatable bonds is 8. The molecule has 0 aliphatic carbocycles. The first kappa shape index (κ1) is 16.1. The van der Waals surface area contributed by atoms with E-state index in [1.807, 2.05) is 25.3 Å². The zero-order valence-electron chi connectivity index (χ0n) is 10.6. The number of sulfonamides is 1. The molecule has 1 aromatic rings. The summed E-state index contributed by atoms with van der Waals surface area (Å²) in [5.41, 5.74) is 0. The van der Waals surface area contributed by atoms with Gasteiger partial charge in [-0.05, 0) is 35.0 Å². The molecule has 0 atom stereocenters. The first-order chi connectivity index (χ1) is 8.39. The lowest BCUT2D eigenvalue weighted by molar-refractivity contribution is 0.561. The van der Waals surface area contributed by atoms with E-state index in [0.717, 1.165) is 15.9 Å². The van der Waals surface area contributed by atoms with Gasteiger partial charge in [0, 0.05) is 27.3 Å². The quantitative estimate of drug-likeness (QED) is 0.704. The summed E-state index contributed by atoms with van der Waals surface area (Å²) >= 11 is 4.88. The molecule has 104 valence electrons. The maximum atomic E-state index is 11.7. The van der Waals surface area contributed by atoms with Crippen LogP contribution in [0.2, 0.25) is 0 Å². The molecule has 7 heteroatoms. The van der Waals surface area contributed by atoms with Gasteiger partial charge in [-0.2, -0.15) is 0 Å². The highest BCUT2D eigenvalue weighted by molar-refractivity contribution is 9.10. The van der Waals surface area contributed by atoms with Gasteiger partial charge in [-0.1, -0.05) is 13.8 Å². The van der Waals surface area contributed by atoms with Crippen molar-refractivity contribution in [3.8, 4) is 0 Å². The highest BCUT2D eigenvalue weighted by Crippen LogP contribution is 2.19. The molecule has 4 nitrogen and oxygen atoms in total. The summed E-state index contributed by atoms with van der Waals surface area (Å²) in [4.78, 5) is 1.01. The van der Waals surface area contributed by atoms with Gasteiger partial charge in [0.05, 0.1) is 5.75 Å². The Morgan fingerprint density at radius 3 is 2.72 bits per heavy atom. The summed E-state index contributed by atoms with van der Waals surface area (Å²) < 4.78 is 27.0. The molecule has 0 aliphatic heterocycles. The van der Waals surface area contributed by atoms with Crippen molar-refractivity contribution < 1.29 is 8.42 Å². The Bertz CT molecular complexity index is 457. The third kappa shape index (κ3) is 6.84. The van der Waals surface area contributed by atoms with Crippen molar-refractivity contribution in [3.63, 3.8) is 0 Å². The van der Waals surface area contributed by atoms with Gasteiger partial charge in [-0.15, -0.1) is 11.3 Å². The molecule has 2 N–H and O–H groups in total. The average Bonchev–Trinajstić information content (AvgIpc) is 2.68. The standard InChI is InChI=1S/C11H19BrN2O2S2/c1-9(2)13-4-3-5-18(15,16)14-7-11-6-10(12)8-17-11/h6,8-9,13-14H,3-5,7H2,1-2H3. The molecule has 18 heavy (non-hydrogen) atoms. The van der Waals surface area contributed by atoms with Crippen molar-refractivity contribution in [2.75, 3.05) is 12.3 Å². The highest BCUT2D eigenvalue weighted by atomic mass is 79.9. The summed E-state index contributed by atoms with van der Waals surface area (Å²) in [7, 11) is -3.17. The van der Waals surface area contributed by atoms with E-state index in [1.165, 1.54) is 11.3 Å². The van der Waals surface area contributed by atoms with Crippen LogP contribution in [0.5, 0.6) is 0 Å². The van der Waals surface area contributed by atoms with E-state index >= 15 is 0 Å². The Balaban J connectivity index is 2.27. The lowest BCUT2D eigenvalue weighted by Gasteiger charge is -2.08. The average molecular weight is 355 g/mol. The van der Waals surface area contributed by atoms with Crippen molar-refractivity contribution in [1.29, 1.82) is 0 Å². The van der Waals surface area contributed by atoms with E-state index in [-0.39, 0.29) is 5.75 Å². The van der Waals surface area contributed by atoms with Crippen molar-refractivity contribution >= 4 is 37.3 Å². The second-order valence-electron chi connectivity index (χ2n) is 4.33. The second-order valence-corrected chi connectivity index (χ2v) is 8.17. The van der Waals surface area contributed by atoms with Gasteiger partial charge in [-0.25, -0.2) is 13.1 Å². The van der Waals surface area contributed by atoms with Crippen LogP contribution in [-0.2, 0) is 16.6 Å².